The highest BCUT2D eigenvalue weighted by Crippen LogP contribution is 2.33. The van der Waals surface area contributed by atoms with Crippen molar-refractivity contribution in [1.82, 2.24) is 24.3 Å². The Hall–Kier alpha value is -2.67. The van der Waals surface area contributed by atoms with E-state index in [9.17, 15) is 9.90 Å². The number of carboxylic acid groups (broad SMARTS) is 1. The van der Waals surface area contributed by atoms with Gasteiger partial charge in [0.25, 0.3) is 0 Å². The number of hydrogen-bond acceptors (Lipinski definition) is 4. The van der Waals surface area contributed by atoms with Gasteiger partial charge in [0.2, 0.25) is 0 Å². The SMILES string of the molecule is O=C(O)c1ncn2c1Cn1cnnc1-c1cc(Cl)ccc1-2. The molecule has 3 aromatic rings. The number of benzene rings is 1. The van der Waals surface area contributed by atoms with Crippen LogP contribution in [0.1, 0.15) is 16.2 Å². The van der Waals surface area contributed by atoms with Crippen LogP contribution in [0.4, 0.5) is 0 Å². The number of rotatable bonds is 1. The molecule has 0 amide bonds. The smallest absolute Gasteiger partial charge is 0.356 e. The number of carboxylic acids is 1. The number of halogens is 1. The van der Waals surface area contributed by atoms with Crippen molar-refractivity contribution < 1.29 is 9.90 Å². The fraction of sp³-hybridized carbons (Fsp3) is 0.0769. The molecular weight excluding hydrogens is 294 g/mol. The van der Waals surface area contributed by atoms with E-state index in [4.69, 9.17) is 11.6 Å². The van der Waals surface area contributed by atoms with Crippen molar-refractivity contribution in [3.8, 4) is 17.1 Å². The molecule has 0 saturated carbocycles. The largest absolute Gasteiger partial charge is 0.476 e. The molecule has 0 fully saturated rings. The summed E-state index contributed by atoms with van der Waals surface area (Å²) in [6.45, 7) is 0.330. The number of carbonyl (C=O) groups is 1. The molecule has 1 N–H and O–H groups in total. The fourth-order valence-corrected chi connectivity index (χ4v) is 2.72. The minimum Gasteiger partial charge on any atom is -0.476 e. The summed E-state index contributed by atoms with van der Waals surface area (Å²) in [4.78, 5) is 15.3. The van der Waals surface area contributed by atoms with Gasteiger partial charge in [-0.25, -0.2) is 9.78 Å². The van der Waals surface area contributed by atoms with Crippen molar-refractivity contribution in [2.75, 3.05) is 0 Å². The third-order valence-corrected chi connectivity index (χ3v) is 3.70. The highest BCUT2D eigenvalue weighted by Gasteiger charge is 2.25. The van der Waals surface area contributed by atoms with Crippen LogP contribution >= 0.6 is 11.6 Å². The Balaban J connectivity index is 2.09. The van der Waals surface area contributed by atoms with Gasteiger partial charge >= 0.3 is 5.97 Å². The van der Waals surface area contributed by atoms with Crippen LogP contribution in [-0.2, 0) is 6.54 Å². The maximum atomic E-state index is 11.3. The van der Waals surface area contributed by atoms with Gasteiger partial charge in [-0.1, -0.05) is 11.6 Å². The highest BCUT2D eigenvalue weighted by molar-refractivity contribution is 6.31. The summed E-state index contributed by atoms with van der Waals surface area (Å²) in [7, 11) is 0. The van der Waals surface area contributed by atoms with Crippen LogP contribution < -0.4 is 0 Å². The molecular formula is C13H8ClN5O2. The van der Waals surface area contributed by atoms with Crippen molar-refractivity contribution in [1.29, 1.82) is 0 Å². The lowest BCUT2D eigenvalue weighted by atomic mass is 10.1. The molecule has 0 bridgehead atoms. The lowest BCUT2D eigenvalue weighted by molar-refractivity contribution is 0.0689. The first-order valence-electron chi connectivity index (χ1n) is 6.13. The zero-order valence-corrected chi connectivity index (χ0v) is 11.3. The number of nitrogens with zero attached hydrogens (tertiary/aromatic N) is 5. The Morgan fingerprint density at radius 3 is 3.00 bits per heavy atom. The van der Waals surface area contributed by atoms with Gasteiger partial charge in [0.15, 0.2) is 11.5 Å². The summed E-state index contributed by atoms with van der Waals surface area (Å²) in [6, 6.07) is 5.35. The van der Waals surface area contributed by atoms with E-state index in [1.54, 1.807) is 27.6 Å². The van der Waals surface area contributed by atoms with Gasteiger partial charge in [-0.3, -0.25) is 4.57 Å². The first-order valence-corrected chi connectivity index (χ1v) is 6.50. The summed E-state index contributed by atoms with van der Waals surface area (Å²) in [5.74, 6) is -0.414. The second-order valence-electron chi connectivity index (χ2n) is 4.66. The van der Waals surface area contributed by atoms with Gasteiger partial charge in [0.05, 0.1) is 17.9 Å². The third-order valence-electron chi connectivity index (χ3n) is 3.46. The Morgan fingerprint density at radius 1 is 1.33 bits per heavy atom. The predicted molar refractivity (Wildman–Crippen MR) is 73.7 cm³/mol. The van der Waals surface area contributed by atoms with Gasteiger partial charge in [0.1, 0.15) is 12.7 Å². The van der Waals surface area contributed by atoms with Crippen LogP contribution in [0.2, 0.25) is 5.02 Å². The van der Waals surface area contributed by atoms with E-state index in [1.165, 1.54) is 6.33 Å². The number of aromatic carboxylic acids is 1. The normalized spacial score (nSPS) is 12.2. The maximum absolute atomic E-state index is 11.3. The predicted octanol–water partition coefficient (Wildman–Crippen LogP) is 1.84. The molecule has 7 nitrogen and oxygen atoms in total. The molecule has 0 unspecified atom stereocenters. The van der Waals surface area contributed by atoms with Gasteiger partial charge in [-0.2, -0.15) is 0 Å². The average molecular weight is 302 g/mol. The molecule has 1 aliphatic heterocycles. The van der Waals surface area contributed by atoms with Crippen LogP contribution in [0.5, 0.6) is 0 Å². The standard InChI is InChI=1S/C13H8ClN5O2/c14-7-1-2-9-8(3-7)12-17-16-6-18(12)4-10-11(13(20)21)15-5-19(9)10/h1-3,5-6H,4H2,(H,20,21). The summed E-state index contributed by atoms with van der Waals surface area (Å²) >= 11 is 6.07. The van der Waals surface area contributed by atoms with E-state index in [-0.39, 0.29) is 5.69 Å². The van der Waals surface area contributed by atoms with Gasteiger partial charge in [-0.05, 0) is 18.2 Å². The quantitative estimate of drug-likeness (QED) is 0.580. The molecule has 0 aliphatic carbocycles. The number of aromatic nitrogens is 5. The molecule has 0 saturated heterocycles. The van der Waals surface area contributed by atoms with Crippen LogP contribution in [0.3, 0.4) is 0 Å². The minimum absolute atomic E-state index is 0.0254. The fourth-order valence-electron chi connectivity index (χ4n) is 2.55. The van der Waals surface area contributed by atoms with Gasteiger partial charge in [0, 0.05) is 10.6 Å². The molecule has 3 heterocycles. The van der Waals surface area contributed by atoms with E-state index in [2.05, 4.69) is 15.2 Å². The topological polar surface area (TPSA) is 85.8 Å². The van der Waals surface area contributed by atoms with Crippen LogP contribution in [-0.4, -0.2) is 35.4 Å². The molecule has 1 aromatic carbocycles. The zero-order valence-electron chi connectivity index (χ0n) is 10.6. The van der Waals surface area contributed by atoms with Gasteiger partial charge in [-0.15, -0.1) is 10.2 Å². The highest BCUT2D eigenvalue weighted by atomic mass is 35.5. The molecule has 2 aromatic heterocycles. The Bertz CT molecular complexity index is 883. The second-order valence-corrected chi connectivity index (χ2v) is 5.10. The average Bonchev–Trinajstić information content (AvgIpc) is 3.04. The summed E-state index contributed by atoms with van der Waals surface area (Å²) in [5.41, 5.74) is 2.16. The van der Waals surface area contributed by atoms with Crippen molar-refractivity contribution in [2.45, 2.75) is 6.54 Å². The van der Waals surface area contributed by atoms with Gasteiger partial charge < -0.3 is 9.67 Å². The van der Waals surface area contributed by atoms with E-state index >= 15 is 0 Å². The maximum Gasteiger partial charge on any atom is 0.356 e. The number of fused-ring (bicyclic) bond motifs is 5. The summed E-state index contributed by atoms with van der Waals surface area (Å²) in [5, 5.41) is 17.9. The second kappa shape index (κ2) is 4.16. The summed E-state index contributed by atoms with van der Waals surface area (Å²) < 4.78 is 3.53. The first kappa shape index (κ1) is 12.1. The third kappa shape index (κ3) is 1.67. The molecule has 21 heavy (non-hydrogen) atoms. The molecule has 104 valence electrons. The van der Waals surface area contributed by atoms with E-state index < -0.39 is 5.97 Å². The Kier molecular flexibility index (Phi) is 2.40. The molecule has 8 heteroatoms. The van der Waals surface area contributed by atoms with E-state index in [1.807, 2.05) is 6.07 Å². The molecule has 0 radical (unpaired) electrons. The monoisotopic (exact) mass is 301 g/mol. The summed E-state index contributed by atoms with van der Waals surface area (Å²) in [6.07, 6.45) is 3.07. The molecule has 0 atom stereocenters. The lowest BCUT2D eigenvalue weighted by Gasteiger charge is -2.08. The van der Waals surface area contributed by atoms with Crippen LogP contribution in [0.15, 0.2) is 30.9 Å². The van der Waals surface area contributed by atoms with Crippen molar-refractivity contribution in [2.24, 2.45) is 0 Å². The number of hydrogen-bond donors (Lipinski definition) is 1. The first-order chi connectivity index (χ1) is 10.1. The minimum atomic E-state index is -1.06. The van der Waals surface area contributed by atoms with Crippen LogP contribution in [0, 0.1) is 0 Å². The number of imidazole rings is 1. The van der Waals surface area contributed by atoms with Crippen molar-refractivity contribution in [3.05, 3.63) is 47.3 Å². The Morgan fingerprint density at radius 2 is 2.19 bits per heavy atom. The molecule has 4 rings (SSSR count). The van der Waals surface area contributed by atoms with Crippen LogP contribution in [0.25, 0.3) is 17.1 Å². The Labute approximate surface area is 123 Å². The van der Waals surface area contributed by atoms with E-state index in [0.717, 1.165) is 11.3 Å². The lowest BCUT2D eigenvalue weighted by Crippen LogP contribution is -2.08. The van der Waals surface area contributed by atoms with E-state index in [0.29, 0.717) is 23.1 Å². The van der Waals surface area contributed by atoms with Crippen molar-refractivity contribution in [3.63, 3.8) is 0 Å². The molecule has 1 aliphatic rings. The van der Waals surface area contributed by atoms with Crippen molar-refractivity contribution >= 4 is 17.6 Å². The zero-order chi connectivity index (χ0) is 14.6. The molecule has 0 spiro atoms.